The summed E-state index contributed by atoms with van der Waals surface area (Å²) >= 11 is 0. The fraction of sp³-hybridized carbons (Fsp3) is 0.769. The normalized spacial score (nSPS) is 16.8. The quantitative estimate of drug-likeness (QED) is 0.791. The second-order valence-electron chi connectivity index (χ2n) is 4.54. The number of aryl methyl sites for hydroxylation is 1. The van der Waals surface area contributed by atoms with Crippen LogP contribution in [0.4, 0.5) is 0 Å². The number of hydrogen-bond acceptors (Lipinski definition) is 3. The maximum atomic E-state index is 6.29. The van der Waals surface area contributed by atoms with Crippen LogP contribution in [0.15, 0.2) is 12.4 Å². The first-order chi connectivity index (χ1) is 8.07. The van der Waals surface area contributed by atoms with E-state index in [0.29, 0.717) is 6.61 Å². The highest BCUT2D eigenvalue weighted by Gasteiger charge is 2.31. The van der Waals surface area contributed by atoms with Gasteiger partial charge in [0, 0.05) is 38.0 Å². The molecule has 0 aliphatic rings. The van der Waals surface area contributed by atoms with Gasteiger partial charge in [0.25, 0.3) is 0 Å². The van der Waals surface area contributed by atoms with Gasteiger partial charge < -0.3 is 15.0 Å². The minimum atomic E-state index is -0.265. The topological polar surface area (TPSA) is 53.1 Å². The molecule has 1 aromatic rings. The lowest BCUT2D eigenvalue weighted by Crippen LogP contribution is -2.49. The third-order valence-corrected chi connectivity index (χ3v) is 3.51. The zero-order valence-corrected chi connectivity index (χ0v) is 11.4. The molecule has 2 N–H and O–H groups in total. The lowest BCUT2D eigenvalue weighted by atomic mass is 9.91. The molecule has 4 heteroatoms. The molecule has 0 bridgehead atoms. The summed E-state index contributed by atoms with van der Waals surface area (Å²) in [5.41, 5.74) is 6.02. The average molecular weight is 239 g/mol. The first kappa shape index (κ1) is 14.2. The van der Waals surface area contributed by atoms with Gasteiger partial charge in [0.15, 0.2) is 0 Å². The van der Waals surface area contributed by atoms with Gasteiger partial charge in [0.1, 0.15) is 5.82 Å². The highest BCUT2D eigenvalue weighted by molar-refractivity contribution is 4.99. The molecule has 0 saturated heterocycles. The van der Waals surface area contributed by atoms with Gasteiger partial charge in [-0.25, -0.2) is 4.98 Å². The zero-order valence-electron chi connectivity index (χ0n) is 11.4. The van der Waals surface area contributed by atoms with E-state index >= 15 is 0 Å². The minimum absolute atomic E-state index is 0.0276. The summed E-state index contributed by atoms with van der Waals surface area (Å²) in [6.07, 6.45) is 5.49. The number of aromatic nitrogens is 2. The summed E-state index contributed by atoms with van der Waals surface area (Å²) in [7, 11) is 0. The SMILES string of the molecule is CCOC(C)(CC)C(N)Cc1nccn1CC. The maximum Gasteiger partial charge on any atom is 0.110 e. The van der Waals surface area contributed by atoms with Gasteiger partial charge in [-0.3, -0.25) is 0 Å². The van der Waals surface area contributed by atoms with Crippen LogP contribution in [0.3, 0.4) is 0 Å². The predicted octanol–water partition coefficient (Wildman–Crippen LogP) is 1.98. The van der Waals surface area contributed by atoms with Crippen LogP contribution in [-0.4, -0.2) is 27.8 Å². The molecule has 98 valence electrons. The Labute approximate surface area is 104 Å². The molecular formula is C13H25N3O. The molecule has 0 saturated carbocycles. The van der Waals surface area contributed by atoms with E-state index in [1.165, 1.54) is 0 Å². The zero-order chi connectivity index (χ0) is 12.9. The summed E-state index contributed by atoms with van der Waals surface area (Å²) in [6.45, 7) is 9.94. The molecule has 0 aliphatic carbocycles. The van der Waals surface area contributed by atoms with Crippen LogP contribution < -0.4 is 5.73 Å². The van der Waals surface area contributed by atoms with E-state index in [0.717, 1.165) is 25.2 Å². The van der Waals surface area contributed by atoms with Gasteiger partial charge in [-0.1, -0.05) is 6.92 Å². The molecule has 1 rings (SSSR count). The summed E-state index contributed by atoms with van der Waals surface area (Å²) in [6, 6.07) is -0.0276. The predicted molar refractivity (Wildman–Crippen MR) is 69.9 cm³/mol. The minimum Gasteiger partial charge on any atom is -0.374 e. The third-order valence-electron chi connectivity index (χ3n) is 3.51. The molecule has 0 spiro atoms. The van der Waals surface area contributed by atoms with Crippen LogP contribution in [0.1, 0.15) is 39.9 Å². The van der Waals surface area contributed by atoms with Gasteiger partial charge in [-0.15, -0.1) is 0 Å². The Balaban J connectivity index is 2.73. The van der Waals surface area contributed by atoms with E-state index in [1.54, 1.807) is 0 Å². The molecule has 0 aromatic carbocycles. The van der Waals surface area contributed by atoms with Crippen molar-refractivity contribution in [3.63, 3.8) is 0 Å². The molecule has 0 aliphatic heterocycles. The summed E-state index contributed by atoms with van der Waals surface area (Å²) in [5.74, 6) is 1.04. The molecular weight excluding hydrogens is 214 g/mol. The Morgan fingerprint density at radius 3 is 2.71 bits per heavy atom. The Kier molecular flexibility index (Phi) is 5.15. The van der Waals surface area contributed by atoms with Gasteiger partial charge in [-0.05, 0) is 27.2 Å². The van der Waals surface area contributed by atoms with Crippen LogP contribution in [-0.2, 0) is 17.7 Å². The Hall–Kier alpha value is -0.870. The standard InChI is InChI=1S/C13H25N3O/c1-5-13(4,17-7-3)11(14)10-12-15-8-9-16(12)6-2/h8-9,11H,5-7,10,14H2,1-4H3. The summed E-state index contributed by atoms with van der Waals surface area (Å²) in [4.78, 5) is 4.36. The van der Waals surface area contributed by atoms with Crippen LogP contribution in [0.5, 0.6) is 0 Å². The maximum absolute atomic E-state index is 6.29. The van der Waals surface area contributed by atoms with Crippen molar-refractivity contribution in [2.45, 2.75) is 58.7 Å². The van der Waals surface area contributed by atoms with Crippen molar-refractivity contribution in [1.29, 1.82) is 0 Å². The molecule has 1 aromatic heterocycles. The van der Waals surface area contributed by atoms with E-state index < -0.39 is 0 Å². The molecule has 17 heavy (non-hydrogen) atoms. The van der Waals surface area contributed by atoms with Crippen LogP contribution >= 0.6 is 0 Å². The molecule has 0 fully saturated rings. The number of nitrogens with two attached hydrogens (primary N) is 1. The number of ether oxygens (including phenoxy) is 1. The van der Waals surface area contributed by atoms with Crippen molar-refractivity contribution < 1.29 is 4.74 Å². The van der Waals surface area contributed by atoms with E-state index in [2.05, 4.69) is 30.3 Å². The molecule has 2 unspecified atom stereocenters. The second kappa shape index (κ2) is 6.17. The third kappa shape index (κ3) is 3.30. The highest BCUT2D eigenvalue weighted by atomic mass is 16.5. The number of imidazole rings is 1. The van der Waals surface area contributed by atoms with Crippen molar-refractivity contribution >= 4 is 0 Å². The largest absolute Gasteiger partial charge is 0.374 e. The number of nitrogens with zero attached hydrogens (tertiary/aromatic N) is 2. The smallest absolute Gasteiger partial charge is 0.110 e. The Morgan fingerprint density at radius 1 is 1.47 bits per heavy atom. The summed E-state index contributed by atoms with van der Waals surface area (Å²) in [5, 5.41) is 0. The van der Waals surface area contributed by atoms with Crippen molar-refractivity contribution in [1.82, 2.24) is 9.55 Å². The molecule has 4 nitrogen and oxygen atoms in total. The molecule has 2 atom stereocenters. The van der Waals surface area contributed by atoms with E-state index in [4.69, 9.17) is 10.5 Å². The van der Waals surface area contributed by atoms with Crippen molar-refractivity contribution in [2.75, 3.05) is 6.61 Å². The van der Waals surface area contributed by atoms with Gasteiger partial charge >= 0.3 is 0 Å². The molecule has 1 heterocycles. The molecule has 0 radical (unpaired) electrons. The first-order valence-electron chi connectivity index (χ1n) is 6.46. The molecule has 0 amide bonds. The van der Waals surface area contributed by atoms with Crippen LogP contribution in [0.25, 0.3) is 0 Å². The second-order valence-corrected chi connectivity index (χ2v) is 4.54. The van der Waals surface area contributed by atoms with E-state index in [9.17, 15) is 0 Å². The fourth-order valence-corrected chi connectivity index (χ4v) is 2.03. The average Bonchev–Trinajstić information content (AvgIpc) is 2.76. The van der Waals surface area contributed by atoms with Gasteiger partial charge in [0.05, 0.1) is 5.60 Å². The monoisotopic (exact) mass is 239 g/mol. The number of rotatable bonds is 7. The Morgan fingerprint density at radius 2 is 2.18 bits per heavy atom. The van der Waals surface area contributed by atoms with E-state index in [-0.39, 0.29) is 11.6 Å². The van der Waals surface area contributed by atoms with Crippen molar-refractivity contribution in [3.05, 3.63) is 18.2 Å². The van der Waals surface area contributed by atoms with Crippen LogP contribution in [0, 0.1) is 0 Å². The lowest BCUT2D eigenvalue weighted by Gasteiger charge is -2.34. The van der Waals surface area contributed by atoms with E-state index in [1.807, 2.05) is 19.3 Å². The van der Waals surface area contributed by atoms with Gasteiger partial charge in [0.2, 0.25) is 0 Å². The van der Waals surface area contributed by atoms with Crippen molar-refractivity contribution in [2.24, 2.45) is 5.73 Å². The lowest BCUT2D eigenvalue weighted by molar-refractivity contribution is -0.0466. The fourth-order valence-electron chi connectivity index (χ4n) is 2.03. The van der Waals surface area contributed by atoms with Gasteiger partial charge in [-0.2, -0.15) is 0 Å². The highest BCUT2D eigenvalue weighted by Crippen LogP contribution is 2.21. The van der Waals surface area contributed by atoms with Crippen molar-refractivity contribution in [3.8, 4) is 0 Å². The summed E-state index contributed by atoms with van der Waals surface area (Å²) < 4.78 is 7.93. The Bertz CT molecular complexity index is 337. The van der Waals surface area contributed by atoms with Crippen LogP contribution in [0.2, 0.25) is 0 Å². The number of hydrogen-bond donors (Lipinski definition) is 1. The first-order valence-corrected chi connectivity index (χ1v) is 6.46.